The Morgan fingerprint density at radius 1 is 1.28 bits per heavy atom. The zero-order valence-electron chi connectivity index (χ0n) is 14.0. The van der Waals surface area contributed by atoms with Gasteiger partial charge in [0.25, 0.3) is 0 Å². The summed E-state index contributed by atoms with van der Waals surface area (Å²) < 4.78 is 18.7. The van der Waals surface area contributed by atoms with E-state index in [0.29, 0.717) is 32.7 Å². The van der Waals surface area contributed by atoms with Crippen molar-refractivity contribution in [2.45, 2.75) is 24.7 Å². The summed E-state index contributed by atoms with van der Waals surface area (Å²) in [5, 5.41) is 12.0. The number of urea groups is 1. The smallest absolute Gasteiger partial charge is 0.317 e. The predicted octanol–water partition coefficient (Wildman–Crippen LogP) is 1.99. The van der Waals surface area contributed by atoms with Gasteiger partial charge in [-0.3, -0.25) is 4.79 Å². The first-order valence-electron chi connectivity index (χ1n) is 8.60. The first kappa shape index (κ1) is 17.7. The summed E-state index contributed by atoms with van der Waals surface area (Å²) >= 11 is 0. The van der Waals surface area contributed by atoms with Gasteiger partial charge in [-0.2, -0.15) is 0 Å². The largest absolute Gasteiger partial charge is 0.481 e. The SMILES string of the molecule is O=C(O)C1CCN(C(=O)NCC2(c3ccc(F)cc3)CCOCC2)C1. The third kappa shape index (κ3) is 3.92. The topological polar surface area (TPSA) is 78.9 Å². The number of hydrogen-bond acceptors (Lipinski definition) is 3. The van der Waals surface area contributed by atoms with E-state index in [1.54, 1.807) is 17.0 Å². The molecule has 2 fully saturated rings. The third-order valence-electron chi connectivity index (χ3n) is 5.31. The summed E-state index contributed by atoms with van der Waals surface area (Å²) in [6.07, 6.45) is 1.98. The molecule has 0 aromatic heterocycles. The van der Waals surface area contributed by atoms with E-state index in [1.807, 2.05) is 0 Å². The van der Waals surface area contributed by atoms with Crippen LogP contribution in [0, 0.1) is 11.7 Å². The number of halogens is 1. The van der Waals surface area contributed by atoms with Crippen LogP contribution >= 0.6 is 0 Å². The minimum atomic E-state index is -0.859. The van der Waals surface area contributed by atoms with Crippen molar-refractivity contribution in [1.29, 1.82) is 0 Å². The van der Waals surface area contributed by atoms with E-state index < -0.39 is 11.9 Å². The van der Waals surface area contributed by atoms with Gasteiger partial charge in [-0.15, -0.1) is 0 Å². The molecule has 2 heterocycles. The zero-order chi connectivity index (χ0) is 17.9. The van der Waals surface area contributed by atoms with Crippen molar-refractivity contribution in [2.75, 3.05) is 32.8 Å². The first-order chi connectivity index (χ1) is 12.0. The second-order valence-corrected chi connectivity index (χ2v) is 6.83. The number of carbonyl (C=O) groups is 2. The monoisotopic (exact) mass is 350 g/mol. The van der Waals surface area contributed by atoms with Gasteiger partial charge in [-0.1, -0.05) is 12.1 Å². The van der Waals surface area contributed by atoms with Gasteiger partial charge in [0.15, 0.2) is 0 Å². The molecule has 0 saturated carbocycles. The van der Waals surface area contributed by atoms with Crippen LogP contribution in [0.1, 0.15) is 24.8 Å². The van der Waals surface area contributed by atoms with Crippen molar-refractivity contribution >= 4 is 12.0 Å². The molecule has 1 atom stereocenters. The number of hydrogen-bond donors (Lipinski definition) is 2. The van der Waals surface area contributed by atoms with Gasteiger partial charge in [-0.05, 0) is 37.0 Å². The van der Waals surface area contributed by atoms with Crippen LogP contribution in [-0.2, 0) is 14.9 Å². The molecule has 0 aliphatic carbocycles. The van der Waals surface area contributed by atoms with Crippen LogP contribution in [0.25, 0.3) is 0 Å². The van der Waals surface area contributed by atoms with Gasteiger partial charge in [0, 0.05) is 38.3 Å². The Labute approximate surface area is 146 Å². The lowest BCUT2D eigenvalue weighted by molar-refractivity contribution is -0.141. The highest BCUT2D eigenvalue weighted by Gasteiger charge is 2.36. The fraction of sp³-hybridized carbons (Fsp3) is 0.556. The molecule has 2 N–H and O–H groups in total. The average Bonchev–Trinajstić information content (AvgIpc) is 3.12. The van der Waals surface area contributed by atoms with Crippen LogP contribution < -0.4 is 5.32 Å². The van der Waals surface area contributed by atoms with E-state index in [4.69, 9.17) is 9.84 Å². The highest BCUT2D eigenvalue weighted by Crippen LogP contribution is 2.34. The highest BCUT2D eigenvalue weighted by molar-refractivity contribution is 5.77. The second-order valence-electron chi connectivity index (χ2n) is 6.83. The number of nitrogens with zero attached hydrogens (tertiary/aromatic N) is 1. The molecule has 2 saturated heterocycles. The minimum absolute atomic E-state index is 0.239. The summed E-state index contributed by atoms with van der Waals surface area (Å²) in [7, 11) is 0. The normalized spacial score (nSPS) is 22.6. The lowest BCUT2D eigenvalue weighted by Crippen LogP contribution is -2.48. The third-order valence-corrected chi connectivity index (χ3v) is 5.31. The average molecular weight is 350 g/mol. The van der Waals surface area contributed by atoms with E-state index in [0.717, 1.165) is 18.4 Å². The van der Waals surface area contributed by atoms with Gasteiger partial charge in [0.1, 0.15) is 5.82 Å². The summed E-state index contributed by atoms with van der Waals surface area (Å²) in [5.41, 5.74) is 0.704. The Bertz CT molecular complexity index is 628. The Hall–Kier alpha value is -2.15. The van der Waals surface area contributed by atoms with Crippen molar-refractivity contribution in [3.05, 3.63) is 35.6 Å². The molecule has 6 nitrogen and oxygen atoms in total. The summed E-state index contributed by atoms with van der Waals surface area (Å²) in [5.74, 6) is -1.63. The quantitative estimate of drug-likeness (QED) is 0.870. The summed E-state index contributed by atoms with van der Waals surface area (Å²) in [6, 6.07) is 6.17. The molecular formula is C18H23FN2O4. The Kier molecular flexibility index (Phi) is 5.22. The van der Waals surface area contributed by atoms with Gasteiger partial charge >= 0.3 is 12.0 Å². The van der Waals surface area contributed by atoms with Crippen LogP contribution in [0.3, 0.4) is 0 Å². The number of amides is 2. The first-order valence-corrected chi connectivity index (χ1v) is 8.60. The molecule has 2 aliphatic rings. The maximum atomic E-state index is 13.2. The number of carboxylic acid groups (broad SMARTS) is 1. The molecule has 3 rings (SSSR count). The molecule has 136 valence electrons. The van der Waals surface area contributed by atoms with Crippen LogP contribution in [0.15, 0.2) is 24.3 Å². The van der Waals surface area contributed by atoms with Crippen molar-refractivity contribution in [3.63, 3.8) is 0 Å². The lowest BCUT2D eigenvalue weighted by atomic mass is 9.74. The lowest BCUT2D eigenvalue weighted by Gasteiger charge is -2.38. The zero-order valence-corrected chi connectivity index (χ0v) is 14.0. The molecule has 1 aromatic carbocycles. The van der Waals surface area contributed by atoms with E-state index >= 15 is 0 Å². The van der Waals surface area contributed by atoms with E-state index in [2.05, 4.69) is 5.32 Å². The Morgan fingerprint density at radius 3 is 2.56 bits per heavy atom. The Balaban J connectivity index is 1.66. The molecule has 0 radical (unpaired) electrons. The van der Waals surface area contributed by atoms with Gasteiger partial charge in [0.2, 0.25) is 0 Å². The van der Waals surface area contributed by atoms with E-state index in [9.17, 15) is 14.0 Å². The highest BCUT2D eigenvalue weighted by atomic mass is 19.1. The molecule has 1 aromatic rings. The van der Waals surface area contributed by atoms with Gasteiger partial charge in [-0.25, -0.2) is 9.18 Å². The molecule has 7 heteroatoms. The van der Waals surface area contributed by atoms with E-state index in [1.165, 1.54) is 12.1 Å². The number of carboxylic acids is 1. The molecule has 2 amide bonds. The maximum Gasteiger partial charge on any atom is 0.317 e. The van der Waals surface area contributed by atoms with Gasteiger partial charge in [0.05, 0.1) is 5.92 Å². The molecule has 25 heavy (non-hydrogen) atoms. The molecule has 0 bridgehead atoms. The summed E-state index contributed by atoms with van der Waals surface area (Å²) in [6.45, 7) is 2.31. The minimum Gasteiger partial charge on any atom is -0.481 e. The van der Waals surface area contributed by atoms with Crippen LogP contribution in [0.5, 0.6) is 0 Å². The number of rotatable bonds is 4. The fourth-order valence-electron chi connectivity index (χ4n) is 3.64. The number of benzene rings is 1. The van der Waals surface area contributed by atoms with Crippen molar-refractivity contribution in [3.8, 4) is 0 Å². The number of nitrogens with one attached hydrogen (secondary N) is 1. The summed E-state index contributed by atoms with van der Waals surface area (Å²) in [4.78, 5) is 25.0. The number of likely N-dealkylation sites (tertiary alicyclic amines) is 1. The Morgan fingerprint density at radius 2 is 1.96 bits per heavy atom. The van der Waals surface area contributed by atoms with Gasteiger partial charge < -0.3 is 20.1 Å². The van der Waals surface area contributed by atoms with Crippen molar-refractivity contribution in [1.82, 2.24) is 10.2 Å². The molecule has 1 unspecified atom stereocenters. The predicted molar refractivity (Wildman–Crippen MR) is 88.8 cm³/mol. The standard InChI is InChI=1S/C18H23FN2O4/c19-15-3-1-14(2-4-15)18(6-9-25-10-7-18)12-20-17(24)21-8-5-13(11-21)16(22)23/h1-4,13H,5-12H2,(H,20,24)(H,22,23). The molecular weight excluding hydrogens is 327 g/mol. The number of aliphatic carboxylic acids is 1. The number of ether oxygens (including phenoxy) is 1. The van der Waals surface area contributed by atoms with Crippen molar-refractivity contribution in [2.24, 2.45) is 5.92 Å². The number of carbonyl (C=O) groups excluding carboxylic acids is 1. The van der Waals surface area contributed by atoms with E-state index in [-0.39, 0.29) is 23.8 Å². The van der Waals surface area contributed by atoms with Crippen LogP contribution in [0.4, 0.5) is 9.18 Å². The maximum absolute atomic E-state index is 13.2. The molecule has 2 aliphatic heterocycles. The van der Waals surface area contributed by atoms with Crippen molar-refractivity contribution < 1.29 is 23.8 Å². The second kappa shape index (κ2) is 7.39. The fourth-order valence-corrected chi connectivity index (χ4v) is 3.64. The van der Waals surface area contributed by atoms with Crippen LogP contribution in [0.2, 0.25) is 0 Å². The molecule has 0 spiro atoms. The van der Waals surface area contributed by atoms with Crippen LogP contribution in [-0.4, -0.2) is 54.9 Å².